The van der Waals surface area contributed by atoms with E-state index in [1.54, 1.807) is 54.6 Å². The monoisotopic (exact) mass is 502 g/mol. The van der Waals surface area contributed by atoms with Gasteiger partial charge in [-0.25, -0.2) is 8.42 Å². The fraction of sp³-hybridized carbons (Fsp3) is 0.538. The summed E-state index contributed by atoms with van der Waals surface area (Å²) in [5.74, 6) is 0.450. The molecule has 8 nitrogen and oxygen atoms in total. The maximum absolute atomic E-state index is 13.6. The smallest absolute Gasteiger partial charge is 0.264 e. The molecule has 2 aromatic rings. The third kappa shape index (κ3) is 6.74. The van der Waals surface area contributed by atoms with Crippen LogP contribution in [0.1, 0.15) is 12.8 Å². The van der Waals surface area contributed by atoms with Gasteiger partial charge in [0.05, 0.1) is 30.3 Å². The van der Waals surface area contributed by atoms with Crippen LogP contribution in [0.2, 0.25) is 0 Å². The Morgan fingerprint density at radius 3 is 2.09 bits per heavy atom. The number of nitrogens with zero attached hydrogens (tertiary/aromatic N) is 4. The average Bonchev–Trinajstić information content (AvgIpc) is 3.41. The Morgan fingerprint density at radius 2 is 1.43 bits per heavy atom. The first-order valence-corrected chi connectivity index (χ1v) is 14.0. The molecule has 9 heteroatoms. The first kappa shape index (κ1) is 25.9. The number of aliphatic hydroxyl groups excluding tert-OH is 1. The van der Waals surface area contributed by atoms with Gasteiger partial charge in [-0.3, -0.25) is 14.1 Å². The van der Waals surface area contributed by atoms with E-state index < -0.39 is 16.1 Å². The highest BCUT2D eigenvalue weighted by Gasteiger charge is 2.30. The first-order chi connectivity index (χ1) is 17.0. The zero-order valence-electron chi connectivity index (χ0n) is 20.6. The molecule has 1 N–H and O–H groups in total. The van der Waals surface area contributed by atoms with Crippen LogP contribution in [0.15, 0.2) is 59.5 Å². The second-order valence-corrected chi connectivity index (χ2v) is 11.2. The molecule has 0 aromatic heterocycles. The maximum atomic E-state index is 13.6. The van der Waals surface area contributed by atoms with E-state index in [0.29, 0.717) is 18.0 Å². The molecule has 2 saturated heterocycles. The van der Waals surface area contributed by atoms with E-state index in [4.69, 9.17) is 4.74 Å². The molecule has 2 aliphatic heterocycles. The van der Waals surface area contributed by atoms with E-state index in [0.717, 1.165) is 39.3 Å². The lowest BCUT2D eigenvalue weighted by molar-refractivity contribution is 0.0736. The minimum absolute atomic E-state index is 0.0488. The number of anilines is 1. The van der Waals surface area contributed by atoms with Gasteiger partial charge in [0.25, 0.3) is 10.0 Å². The molecule has 192 valence electrons. The molecule has 2 fully saturated rings. The van der Waals surface area contributed by atoms with Crippen LogP contribution in [0.5, 0.6) is 5.75 Å². The lowest BCUT2D eigenvalue weighted by Gasteiger charge is -2.37. The summed E-state index contributed by atoms with van der Waals surface area (Å²) in [5.41, 5.74) is 0.421. The molecule has 4 rings (SSSR count). The van der Waals surface area contributed by atoms with Crippen LogP contribution >= 0.6 is 0 Å². The van der Waals surface area contributed by atoms with Crippen LogP contribution in [-0.2, 0) is 10.0 Å². The lowest BCUT2D eigenvalue weighted by atomic mass is 10.2. The minimum atomic E-state index is -3.88. The van der Waals surface area contributed by atoms with Crippen molar-refractivity contribution in [3.8, 4) is 5.75 Å². The van der Waals surface area contributed by atoms with Crippen molar-refractivity contribution in [1.82, 2.24) is 14.7 Å². The topological polar surface area (TPSA) is 76.6 Å². The third-order valence-corrected chi connectivity index (χ3v) is 8.72. The molecule has 2 aromatic carbocycles. The second kappa shape index (κ2) is 12.2. The Balaban J connectivity index is 1.39. The summed E-state index contributed by atoms with van der Waals surface area (Å²) < 4.78 is 33.9. The molecule has 0 spiro atoms. The second-order valence-electron chi connectivity index (χ2n) is 9.37. The minimum Gasteiger partial charge on any atom is -0.495 e. The molecule has 0 radical (unpaired) electrons. The van der Waals surface area contributed by atoms with Gasteiger partial charge in [0.2, 0.25) is 0 Å². The van der Waals surface area contributed by atoms with E-state index in [9.17, 15) is 13.5 Å². The molecule has 0 saturated carbocycles. The van der Waals surface area contributed by atoms with E-state index in [2.05, 4.69) is 14.7 Å². The third-order valence-electron chi connectivity index (χ3n) is 6.93. The van der Waals surface area contributed by atoms with Gasteiger partial charge in [-0.05, 0) is 50.2 Å². The molecule has 35 heavy (non-hydrogen) atoms. The molecule has 0 aliphatic carbocycles. The standard InChI is InChI=1S/C26H38N4O4S/c1-34-26-12-6-5-11-25(26)30(35(32,33)24-9-3-2-4-10-24)22-23(31)21-29-19-17-28(18-20-29)16-15-27-13-7-8-14-27/h2-6,9-12,23,31H,7-8,13-22H2,1H3/t23-/m1/s1. The Kier molecular flexibility index (Phi) is 9.02. The van der Waals surface area contributed by atoms with Crippen molar-refractivity contribution < 1.29 is 18.3 Å². The fourth-order valence-electron chi connectivity index (χ4n) is 4.91. The van der Waals surface area contributed by atoms with E-state index >= 15 is 0 Å². The zero-order chi connectivity index (χ0) is 24.7. The number of piperazine rings is 1. The predicted molar refractivity (Wildman–Crippen MR) is 139 cm³/mol. The molecule has 2 heterocycles. The molecule has 0 bridgehead atoms. The van der Waals surface area contributed by atoms with Gasteiger partial charge >= 0.3 is 0 Å². The highest BCUT2D eigenvalue weighted by Crippen LogP contribution is 2.32. The van der Waals surface area contributed by atoms with Crippen LogP contribution in [0.3, 0.4) is 0 Å². The molecular weight excluding hydrogens is 464 g/mol. The predicted octanol–water partition coefficient (Wildman–Crippen LogP) is 1.96. The number of benzene rings is 2. The number of sulfonamides is 1. The van der Waals surface area contributed by atoms with Crippen LogP contribution < -0.4 is 9.04 Å². The van der Waals surface area contributed by atoms with E-state index in [1.165, 1.54) is 37.3 Å². The summed E-state index contributed by atoms with van der Waals surface area (Å²) in [5, 5.41) is 11.0. The number of hydrogen-bond donors (Lipinski definition) is 1. The largest absolute Gasteiger partial charge is 0.495 e. The van der Waals surface area contributed by atoms with E-state index in [-0.39, 0.29) is 11.4 Å². The van der Waals surface area contributed by atoms with Gasteiger partial charge in [0.15, 0.2) is 0 Å². The van der Waals surface area contributed by atoms with E-state index in [1.807, 2.05) is 0 Å². The normalized spacial score (nSPS) is 19.0. The number of ether oxygens (including phenoxy) is 1. The number of likely N-dealkylation sites (tertiary alicyclic amines) is 1. The molecule has 0 unspecified atom stereocenters. The summed E-state index contributed by atoms with van der Waals surface area (Å²) in [6.07, 6.45) is 1.80. The molecular formula is C26H38N4O4S. The number of aliphatic hydroxyl groups is 1. The van der Waals surface area contributed by atoms with Crippen LogP contribution in [0.25, 0.3) is 0 Å². The molecule has 1 atom stereocenters. The number of β-amino-alcohol motifs (C(OH)–C–C–N with tert-alkyl or cyclic N) is 1. The number of rotatable bonds is 11. The van der Waals surface area contributed by atoms with Gasteiger partial charge in [0.1, 0.15) is 5.75 Å². The summed E-state index contributed by atoms with van der Waals surface area (Å²) in [4.78, 5) is 7.44. The van der Waals surface area contributed by atoms with Crippen molar-refractivity contribution in [1.29, 1.82) is 0 Å². The van der Waals surface area contributed by atoms with Crippen molar-refractivity contribution >= 4 is 15.7 Å². The van der Waals surface area contributed by atoms with Gasteiger partial charge in [-0.1, -0.05) is 30.3 Å². The Labute approximate surface area is 209 Å². The summed E-state index contributed by atoms with van der Waals surface area (Å²) in [6, 6.07) is 15.4. The van der Waals surface area contributed by atoms with Crippen LogP contribution in [0.4, 0.5) is 5.69 Å². The number of methoxy groups -OCH3 is 1. The van der Waals surface area contributed by atoms with Crippen molar-refractivity contribution in [3.05, 3.63) is 54.6 Å². The highest BCUT2D eigenvalue weighted by atomic mass is 32.2. The fourth-order valence-corrected chi connectivity index (χ4v) is 6.45. The number of para-hydroxylation sites is 2. The van der Waals surface area contributed by atoms with Gasteiger partial charge in [0, 0.05) is 45.8 Å². The summed E-state index contributed by atoms with van der Waals surface area (Å²) in [7, 11) is -2.37. The van der Waals surface area contributed by atoms with Crippen molar-refractivity contribution in [2.24, 2.45) is 0 Å². The zero-order valence-corrected chi connectivity index (χ0v) is 21.4. The Hall–Kier alpha value is -2.17. The number of hydrogen-bond acceptors (Lipinski definition) is 7. The quantitative estimate of drug-likeness (QED) is 0.503. The average molecular weight is 503 g/mol. The maximum Gasteiger partial charge on any atom is 0.264 e. The Bertz CT molecular complexity index is 1020. The van der Waals surface area contributed by atoms with Crippen LogP contribution in [-0.4, -0.2) is 107 Å². The lowest BCUT2D eigenvalue weighted by Crippen LogP contribution is -2.51. The van der Waals surface area contributed by atoms with Crippen molar-refractivity contribution in [2.45, 2.75) is 23.8 Å². The van der Waals surface area contributed by atoms with Crippen LogP contribution in [0, 0.1) is 0 Å². The first-order valence-electron chi connectivity index (χ1n) is 12.5. The Morgan fingerprint density at radius 1 is 0.857 bits per heavy atom. The highest BCUT2D eigenvalue weighted by molar-refractivity contribution is 7.92. The summed E-state index contributed by atoms with van der Waals surface area (Å²) in [6.45, 7) is 8.73. The molecule has 0 amide bonds. The summed E-state index contributed by atoms with van der Waals surface area (Å²) >= 11 is 0. The van der Waals surface area contributed by atoms with Gasteiger partial charge < -0.3 is 14.7 Å². The van der Waals surface area contributed by atoms with Crippen molar-refractivity contribution in [3.63, 3.8) is 0 Å². The van der Waals surface area contributed by atoms with Gasteiger partial charge in [-0.2, -0.15) is 0 Å². The van der Waals surface area contributed by atoms with Crippen molar-refractivity contribution in [2.75, 3.05) is 76.9 Å². The SMILES string of the molecule is COc1ccccc1N(C[C@H](O)CN1CCN(CCN2CCCC2)CC1)S(=O)(=O)c1ccccc1. The van der Waals surface area contributed by atoms with Gasteiger partial charge in [-0.15, -0.1) is 0 Å². The molecule has 2 aliphatic rings.